The molecule has 0 aliphatic heterocycles. The SMILES string of the molecule is COc1ccc(OC)c(CNC(=O)c2ccn3c(-c4cccc(Cl)c4)nnc3c2)c1. The predicted molar refractivity (Wildman–Crippen MR) is 114 cm³/mol. The van der Waals surface area contributed by atoms with E-state index >= 15 is 0 Å². The number of aromatic nitrogens is 3. The van der Waals surface area contributed by atoms with Gasteiger partial charge in [-0.25, -0.2) is 0 Å². The van der Waals surface area contributed by atoms with Crippen LogP contribution in [0.15, 0.2) is 60.8 Å². The molecule has 2 heterocycles. The topological polar surface area (TPSA) is 77.8 Å². The second-order valence-electron chi connectivity index (χ2n) is 6.54. The second kappa shape index (κ2) is 8.42. The minimum absolute atomic E-state index is 0.227. The molecule has 30 heavy (non-hydrogen) atoms. The van der Waals surface area contributed by atoms with Gasteiger partial charge in [0.1, 0.15) is 11.5 Å². The van der Waals surface area contributed by atoms with Crippen molar-refractivity contribution in [1.29, 1.82) is 0 Å². The van der Waals surface area contributed by atoms with Gasteiger partial charge in [0.2, 0.25) is 0 Å². The van der Waals surface area contributed by atoms with Gasteiger partial charge in [-0.2, -0.15) is 0 Å². The number of rotatable bonds is 6. The van der Waals surface area contributed by atoms with Crippen molar-refractivity contribution < 1.29 is 14.3 Å². The molecule has 1 amide bonds. The first-order chi connectivity index (χ1) is 14.6. The summed E-state index contributed by atoms with van der Waals surface area (Å²) < 4.78 is 12.4. The van der Waals surface area contributed by atoms with E-state index in [-0.39, 0.29) is 5.91 Å². The summed E-state index contributed by atoms with van der Waals surface area (Å²) in [6, 6.07) is 16.2. The van der Waals surface area contributed by atoms with Crippen molar-refractivity contribution in [1.82, 2.24) is 19.9 Å². The number of methoxy groups -OCH3 is 2. The first-order valence-corrected chi connectivity index (χ1v) is 9.56. The number of nitrogens with one attached hydrogen (secondary N) is 1. The van der Waals surface area contributed by atoms with Crippen LogP contribution in [-0.2, 0) is 6.54 Å². The highest BCUT2D eigenvalue weighted by Crippen LogP contribution is 2.24. The van der Waals surface area contributed by atoms with Gasteiger partial charge in [-0.05, 0) is 42.5 Å². The van der Waals surface area contributed by atoms with Crippen LogP contribution < -0.4 is 14.8 Å². The van der Waals surface area contributed by atoms with E-state index in [1.807, 2.05) is 28.7 Å². The molecule has 2 aromatic carbocycles. The molecule has 0 bridgehead atoms. The Kier molecular flexibility index (Phi) is 5.54. The van der Waals surface area contributed by atoms with Crippen LogP contribution in [0.25, 0.3) is 17.0 Å². The summed E-state index contributed by atoms with van der Waals surface area (Å²) in [7, 11) is 3.18. The molecule has 8 heteroatoms. The number of amides is 1. The molecule has 0 unspecified atom stereocenters. The molecule has 0 saturated carbocycles. The average molecular weight is 423 g/mol. The highest BCUT2D eigenvalue weighted by Gasteiger charge is 2.13. The number of hydrogen-bond donors (Lipinski definition) is 1. The number of fused-ring (bicyclic) bond motifs is 1. The fourth-order valence-electron chi connectivity index (χ4n) is 3.15. The molecule has 1 N–H and O–H groups in total. The molecular weight excluding hydrogens is 404 g/mol. The van der Waals surface area contributed by atoms with Crippen LogP contribution in [0.4, 0.5) is 0 Å². The van der Waals surface area contributed by atoms with Crippen molar-refractivity contribution in [3.8, 4) is 22.9 Å². The first-order valence-electron chi connectivity index (χ1n) is 9.19. The highest BCUT2D eigenvalue weighted by atomic mass is 35.5. The first kappa shape index (κ1) is 19.7. The number of halogens is 1. The Balaban J connectivity index is 1.55. The van der Waals surface area contributed by atoms with Gasteiger partial charge in [-0.1, -0.05) is 23.7 Å². The van der Waals surface area contributed by atoms with Crippen molar-refractivity contribution in [2.45, 2.75) is 6.54 Å². The lowest BCUT2D eigenvalue weighted by Gasteiger charge is -2.11. The molecule has 0 saturated heterocycles. The maximum absolute atomic E-state index is 12.7. The summed E-state index contributed by atoms with van der Waals surface area (Å²) in [6.07, 6.45) is 1.77. The van der Waals surface area contributed by atoms with Crippen molar-refractivity contribution in [2.24, 2.45) is 0 Å². The Morgan fingerprint density at radius 1 is 1.07 bits per heavy atom. The average Bonchev–Trinajstić information content (AvgIpc) is 3.20. The molecule has 152 valence electrons. The van der Waals surface area contributed by atoms with E-state index in [9.17, 15) is 4.79 Å². The van der Waals surface area contributed by atoms with Gasteiger partial charge in [0, 0.05) is 34.5 Å². The number of benzene rings is 2. The summed E-state index contributed by atoms with van der Waals surface area (Å²) in [5.74, 6) is 1.80. The van der Waals surface area contributed by atoms with Gasteiger partial charge in [0.25, 0.3) is 5.91 Å². The van der Waals surface area contributed by atoms with E-state index in [1.165, 1.54) is 0 Å². The van der Waals surface area contributed by atoms with Gasteiger partial charge >= 0.3 is 0 Å². The van der Waals surface area contributed by atoms with E-state index < -0.39 is 0 Å². The molecule has 7 nitrogen and oxygen atoms in total. The van der Waals surface area contributed by atoms with Crippen LogP contribution in [0, 0.1) is 0 Å². The van der Waals surface area contributed by atoms with E-state index in [0.717, 1.165) is 11.1 Å². The minimum atomic E-state index is -0.227. The number of nitrogens with zero attached hydrogens (tertiary/aromatic N) is 3. The van der Waals surface area contributed by atoms with Crippen LogP contribution in [-0.4, -0.2) is 34.7 Å². The number of carbonyl (C=O) groups is 1. The molecule has 0 aliphatic rings. The van der Waals surface area contributed by atoms with Gasteiger partial charge in [-0.3, -0.25) is 9.20 Å². The van der Waals surface area contributed by atoms with Crippen LogP contribution >= 0.6 is 11.6 Å². The Labute approximate surface area is 178 Å². The summed E-state index contributed by atoms with van der Waals surface area (Å²) in [6.45, 7) is 0.296. The monoisotopic (exact) mass is 422 g/mol. The smallest absolute Gasteiger partial charge is 0.251 e. The summed E-state index contributed by atoms with van der Waals surface area (Å²) >= 11 is 6.08. The lowest BCUT2D eigenvalue weighted by atomic mass is 10.1. The zero-order valence-corrected chi connectivity index (χ0v) is 17.2. The quantitative estimate of drug-likeness (QED) is 0.508. The summed E-state index contributed by atoms with van der Waals surface area (Å²) in [5.41, 5.74) is 2.71. The van der Waals surface area contributed by atoms with Crippen LogP contribution in [0.5, 0.6) is 11.5 Å². The normalized spacial score (nSPS) is 10.8. The van der Waals surface area contributed by atoms with Gasteiger partial charge < -0.3 is 14.8 Å². The van der Waals surface area contributed by atoms with Crippen molar-refractivity contribution in [3.05, 3.63) is 76.9 Å². The molecule has 4 rings (SSSR count). The van der Waals surface area contributed by atoms with Crippen LogP contribution in [0.2, 0.25) is 5.02 Å². The fraction of sp³-hybridized carbons (Fsp3) is 0.136. The Morgan fingerprint density at radius 2 is 1.93 bits per heavy atom. The Hall–Kier alpha value is -3.58. The zero-order chi connectivity index (χ0) is 21.1. The number of ether oxygens (including phenoxy) is 2. The van der Waals surface area contributed by atoms with E-state index in [4.69, 9.17) is 21.1 Å². The van der Waals surface area contributed by atoms with Crippen molar-refractivity contribution in [3.63, 3.8) is 0 Å². The number of hydrogen-bond acceptors (Lipinski definition) is 5. The molecule has 0 atom stereocenters. The third-order valence-electron chi connectivity index (χ3n) is 4.68. The number of pyridine rings is 1. The molecule has 0 aliphatic carbocycles. The maximum Gasteiger partial charge on any atom is 0.251 e. The third kappa shape index (κ3) is 3.92. The second-order valence-corrected chi connectivity index (χ2v) is 6.97. The molecule has 4 aromatic rings. The van der Waals surface area contributed by atoms with E-state index in [0.29, 0.717) is 40.1 Å². The Morgan fingerprint density at radius 3 is 2.70 bits per heavy atom. The summed E-state index contributed by atoms with van der Waals surface area (Å²) in [5, 5.41) is 11.9. The molecule has 0 spiro atoms. The van der Waals surface area contributed by atoms with E-state index in [2.05, 4.69) is 15.5 Å². The minimum Gasteiger partial charge on any atom is -0.497 e. The lowest BCUT2D eigenvalue weighted by molar-refractivity contribution is 0.0950. The zero-order valence-electron chi connectivity index (χ0n) is 16.4. The van der Waals surface area contributed by atoms with Crippen molar-refractivity contribution >= 4 is 23.2 Å². The van der Waals surface area contributed by atoms with Crippen LogP contribution in [0.1, 0.15) is 15.9 Å². The van der Waals surface area contributed by atoms with E-state index in [1.54, 1.807) is 50.7 Å². The molecule has 2 aromatic heterocycles. The third-order valence-corrected chi connectivity index (χ3v) is 4.92. The Bertz CT molecular complexity index is 1220. The van der Waals surface area contributed by atoms with Crippen molar-refractivity contribution in [2.75, 3.05) is 14.2 Å². The molecule has 0 radical (unpaired) electrons. The van der Waals surface area contributed by atoms with Crippen LogP contribution in [0.3, 0.4) is 0 Å². The lowest BCUT2D eigenvalue weighted by Crippen LogP contribution is -2.23. The standard InChI is InChI=1S/C22H19ClN4O3/c1-29-18-6-7-19(30-2)16(11-18)13-24-22(28)15-8-9-27-20(12-15)25-26-21(27)14-4-3-5-17(23)10-14/h3-12H,13H2,1-2H3,(H,24,28). The maximum atomic E-state index is 12.7. The number of carbonyl (C=O) groups excluding carboxylic acids is 1. The largest absolute Gasteiger partial charge is 0.497 e. The highest BCUT2D eigenvalue weighted by molar-refractivity contribution is 6.30. The predicted octanol–water partition coefficient (Wildman–Crippen LogP) is 4.00. The van der Waals surface area contributed by atoms with Gasteiger partial charge in [0.15, 0.2) is 11.5 Å². The summed E-state index contributed by atoms with van der Waals surface area (Å²) in [4.78, 5) is 12.7. The molecule has 0 fully saturated rings. The van der Waals surface area contributed by atoms with Gasteiger partial charge in [-0.15, -0.1) is 10.2 Å². The molecular formula is C22H19ClN4O3. The fourth-order valence-corrected chi connectivity index (χ4v) is 3.34. The van der Waals surface area contributed by atoms with Gasteiger partial charge in [0.05, 0.1) is 14.2 Å².